The molecule has 25 heavy (non-hydrogen) atoms. The summed E-state index contributed by atoms with van der Waals surface area (Å²) in [5.74, 6) is -0.429. The molecule has 2 aromatic rings. The Labute approximate surface area is 144 Å². The van der Waals surface area contributed by atoms with E-state index in [1.807, 2.05) is 24.0 Å². The third-order valence-corrected chi connectivity index (χ3v) is 4.18. The molecule has 0 amide bonds. The predicted molar refractivity (Wildman–Crippen MR) is 90.8 cm³/mol. The van der Waals surface area contributed by atoms with Gasteiger partial charge in [0.1, 0.15) is 5.75 Å². The van der Waals surface area contributed by atoms with E-state index in [4.69, 9.17) is 9.84 Å². The van der Waals surface area contributed by atoms with E-state index >= 15 is 0 Å². The van der Waals surface area contributed by atoms with Crippen LogP contribution in [-0.4, -0.2) is 34.0 Å². The quantitative estimate of drug-likeness (QED) is 0.640. The summed E-state index contributed by atoms with van der Waals surface area (Å²) >= 11 is 0. The molecule has 130 valence electrons. The van der Waals surface area contributed by atoms with E-state index in [1.54, 1.807) is 24.3 Å². The number of hydrogen-bond donors (Lipinski definition) is 1. The van der Waals surface area contributed by atoms with Crippen LogP contribution in [0.5, 0.6) is 11.5 Å². The highest BCUT2D eigenvalue weighted by atomic mass is 16.6. The third-order valence-electron chi connectivity index (χ3n) is 4.18. The van der Waals surface area contributed by atoms with Crippen LogP contribution >= 0.6 is 0 Å². The number of benzene rings is 2. The number of carbonyl (C=O) groups is 1. The van der Waals surface area contributed by atoms with Gasteiger partial charge in [0.2, 0.25) is 5.75 Å². The molecule has 0 aliphatic carbocycles. The van der Waals surface area contributed by atoms with Crippen molar-refractivity contribution in [3.05, 3.63) is 63.7 Å². The van der Waals surface area contributed by atoms with Crippen molar-refractivity contribution in [2.45, 2.75) is 13.5 Å². The minimum Gasteiger partial charge on any atom is -0.481 e. The summed E-state index contributed by atoms with van der Waals surface area (Å²) in [5.41, 5.74) is 1.73. The van der Waals surface area contributed by atoms with Gasteiger partial charge in [-0.15, -0.1) is 0 Å². The first-order chi connectivity index (χ1) is 11.9. The molecule has 3 rings (SSSR count). The normalized spacial score (nSPS) is 14.8. The first-order valence-electron chi connectivity index (χ1n) is 7.89. The van der Waals surface area contributed by atoms with Crippen molar-refractivity contribution >= 4 is 11.7 Å². The Balaban J connectivity index is 1.73. The second-order valence-electron chi connectivity index (χ2n) is 6.20. The van der Waals surface area contributed by atoms with Crippen LogP contribution in [0, 0.1) is 23.0 Å². The van der Waals surface area contributed by atoms with E-state index < -0.39 is 10.9 Å². The van der Waals surface area contributed by atoms with E-state index in [9.17, 15) is 14.9 Å². The second kappa shape index (κ2) is 6.90. The zero-order chi connectivity index (χ0) is 18.0. The lowest BCUT2D eigenvalue weighted by atomic mass is 9.99. The van der Waals surface area contributed by atoms with Crippen molar-refractivity contribution in [2.75, 3.05) is 13.1 Å². The molecule has 1 aliphatic heterocycles. The minimum absolute atomic E-state index is 0.103. The van der Waals surface area contributed by atoms with Crippen molar-refractivity contribution in [1.82, 2.24) is 4.90 Å². The number of likely N-dealkylation sites (tertiary alicyclic amines) is 1. The number of nitro groups is 1. The van der Waals surface area contributed by atoms with Gasteiger partial charge in [0.05, 0.1) is 10.8 Å². The molecule has 0 radical (unpaired) electrons. The van der Waals surface area contributed by atoms with E-state index in [2.05, 4.69) is 0 Å². The summed E-state index contributed by atoms with van der Waals surface area (Å²) in [6, 6.07) is 12.1. The first kappa shape index (κ1) is 16.9. The summed E-state index contributed by atoms with van der Waals surface area (Å²) in [4.78, 5) is 23.7. The van der Waals surface area contributed by atoms with Gasteiger partial charge >= 0.3 is 11.7 Å². The lowest BCUT2D eigenvalue weighted by Crippen LogP contribution is -2.49. The molecule has 2 aromatic carbocycles. The van der Waals surface area contributed by atoms with Crippen molar-refractivity contribution in [1.29, 1.82) is 0 Å². The van der Waals surface area contributed by atoms with E-state index in [-0.39, 0.29) is 17.4 Å². The Morgan fingerprint density at radius 3 is 2.56 bits per heavy atom. The van der Waals surface area contributed by atoms with E-state index in [1.165, 1.54) is 6.07 Å². The molecule has 0 spiro atoms. The number of carboxylic acids is 1. The van der Waals surface area contributed by atoms with Crippen LogP contribution in [-0.2, 0) is 11.3 Å². The van der Waals surface area contributed by atoms with Gasteiger partial charge < -0.3 is 9.84 Å². The van der Waals surface area contributed by atoms with Crippen LogP contribution < -0.4 is 4.74 Å². The fourth-order valence-corrected chi connectivity index (χ4v) is 2.74. The number of aliphatic carboxylic acids is 1. The number of nitrogens with zero attached hydrogens (tertiary/aromatic N) is 2. The molecule has 1 aliphatic rings. The molecule has 0 bridgehead atoms. The standard InChI is InChI=1S/C18H18N2O5/c1-12-2-5-15(6-3-12)25-17-7-4-13(8-16(17)20(23)24)9-19-10-14(11-19)18(21)22/h2-8,14H,9-11H2,1H3,(H,21,22). The highest BCUT2D eigenvalue weighted by Gasteiger charge is 2.32. The molecular formula is C18H18N2O5. The average molecular weight is 342 g/mol. The molecule has 0 unspecified atom stereocenters. The summed E-state index contributed by atoms with van der Waals surface area (Å²) in [5, 5.41) is 20.3. The van der Waals surface area contributed by atoms with Gasteiger partial charge in [-0.1, -0.05) is 23.8 Å². The second-order valence-corrected chi connectivity index (χ2v) is 6.20. The third kappa shape index (κ3) is 3.95. The van der Waals surface area contributed by atoms with Crippen LogP contribution in [0.2, 0.25) is 0 Å². The minimum atomic E-state index is -0.802. The number of aryl methyl sites for hydroxylation is 1. The molecule has 1 saturated heterocycles. The van der Waals surface area contributed by atoms with Crippen LogP contribution in [0.15, 0.2) is 42.5 Å². The highest BCUT2D eigenvalue weighted by molar-refractivity contribution is 5.71. The van der Waals surface area contributed by atoms with Crippen LogP contribution in [0.4, 0.5) is 5.69 Å². The Bertz CT molecular complexity index is 798. The van der Waals surface area contributed by atoms with Crippen molar-refractivity contribution in [2.24, 2.45) is 5.92 Å². The lowest BCUT2D eigenvalue weighted by molar-refractivity contribution is -0.385. The summed E-state index contributed by atoms with van der Waals surface area (Å²) in [6.45, 7) is 3.36. The number of rotatable bonds is 6. The molecule has 0 aromatic heterocycles. The fraction of sp³-hybridized carbons (Fsp3) is 0.278. The van der Waals surface area contributed by atoms with Gasteiger partial charge in [0.15, 0.2) is 0 Å². The topological polar surface area (TPSA) is 92.9 Å². The van der Waals surface area contributed by atoms with Gasteiger partial charge in [0, 0.05) is 25.7 Å². The zero-order valence-electron chi connectivity index (χ0n) is 13.7. The molecule has 0 atom stereocenters. The zero-order valence-corrected chi connectivity index (χ0v) is 13.7. The number of carboxylic acid groups (broad SMARTS) is 1. The summed E-state index contributed by atoms with van der Waals surface area (Å²) < 4.78 is 5.64. The number of hydrogen-bond acceptors (Lipinski definition) is 5. The Morgan fingerprint density at radius 1 is 1.28 bits per heavy atom. The largest absolute Gasteiger partial charge is 0.481 e. The molecule has 0 saturated carbocycles. The van der Waals surface area contributed by atoms with Crippen molar-refractivity contribution < 1.29 is 19.6 Å². The van der Waals surface area contributed by atoms with Gasteiger partial charge in [-0.25, -0.2) is 0 Å². The molecule has 7 heteroatoms. The van der Waals surface area contributed by atoms with E-state index in [0.29, 0.717) is 25.4 Å². The number of ether oxygens (including phenoxy) is 1. The maximum Gasteiger partial charge on any atom is 0.311 e. The maximum atomic E-state index is 11.4. The van der Waals surface area contributed by atoms with Gasteiger partial charge in [0.25, 0.3) is 0 Å². The fourth-order valence-electron chi connectivity index (χ4n) is 2.74. The summed E-state index contributed by atoms with van der Waals surface area (Å²) in [6.07, 6.45) is 0. The Kier molecular flexibility index (Phi) is 4.67. The molecule has 7 nitrogen and oxygen atoms in total. The number of nitro benzene ring substituents is 1. The van der Waals surface area contributed by atoms with Crippen LogP contribution in [0.1, 0.15) is 11.1 Å². The SMILES string of the molecule is Cc1ccc(Oc2ccc(CN3CC(C(=O)O)C3)cc2[N+](=O)[O-])cc1. The molecular weight excluding hydrogens is 324 g/mol. The predicted octanol–water partition coefficient (Wildman–Crippen LogP) is 3.21. The van der Waals surface area contributed by atoms with Gasteiger partial charge in [-0.3, -0.25) is 19.8 Å². The Morgan fingerprint density at radius 2 is 1.96 bits per heavy atom. The molecule has 1 N–H and O–H groups in total. The first-order valence-corrected chi connectivity index (χ1v) is 7.89. The van der Waals surface area contributed by atoms with Crippen LogP contribution in [0.25, 0.3) is 0 Å². The van der Waals surface area contributed by atoms with E-state index in [0.717, 1.165) is 11.1 Å². The monoisotopic (exact) mass is 342 g/mol. The molecule has 1 heterocycles. The molecule has 1 fully saturated rings. The van der Waals surface area contributed by atoms with Crippen molar-refractivity contribution in [3.8, 4) is 11.5 Å². The van der Waals surface area contributed by atoms with Gasteiger partial charge in [-0.05, 0) is 30.7 Å². The highest BCUT2D eigenvalue weighted by Crippen LogP contribution is 2.33. The lowest BCUT2D eigenvalue weighted by Gasteiger charge is -2.36. The Hall–Kier alpha value is -2.93. The smallest absolute Gasteiger partial charge is 0.311 e. The average Bonchev–Trinajstić information content (AvgIpc) is 2.53. The summed E-state index contributed by atoms with van der Waals surface area (Å²) in [7, 11) is 0. The van der Waals surface area contributed by atoms with Crippen molar-refractivity contribution in [3.63, 3.8) is 0 Å². The maximum absolute atomic E-state index is 11.4. The van der Waals surface area contributed by atoms with Crippen LogP contribution in [0.3, 0.4) is 0 Å². The van der Waals surface area contributed by atoms with Gasteiger partial charge in [-0.2, -0.15) is 0 Å².